The fraction of sp³-hybridized carbons (Fsp3) is 1.00. The molecule has 0 aromatic rings. The normalized spacial score (nSPS) is 26.4. The molecule has 0 bridgehead atoms. The second-order valence-electron chi connectivity index (χ2n) is 2.84. The quantitative estimate of drug-likeness (QED) is 0.445. The smallest absolute Gasteiger partial charge is 0.179 e. The first-order valence-electron chi connectivity index (χ1n) is 4.01. The number of hydrogen-bond donors (Lipinski definition) is 0. The zero-order valence-corrected chi connectivity index (χ0v) is 7.95. The van der Waals surface area contributed by atoms with Gasteiger partial charge in [0.2, 0.25) is 0 Å². The maximum Gasteiger partial charge on any atom is 0.179 e. The van der Waals surface area contributed by atoms with Crippen LogP contribution in [0.2, 0.25) is 12.1 Å². The van der Waals surface area contributed by atoms with Crippen LogP contribution in [0.1, 0.15) is 13.3 Å². The topological polar surface area (TPSA) is 21.8 Å². The van der Waals surface area contributed by atoms with Crippen LogP contribution < -0.4 is 0 Å². The molecular formula is C7H16O2Si. The maximum absolute atomic E-state index is 5.40. The second-order valence-corrected chi connectivity index (χ2v) is 5.60. The van der Waals surface area contributed by atoms with Gasteiger partial charge in [0.05, 0.1) is 12.7 Å². The average molecular weight is 160 g/mol. The molecule has 2 unspecified atom stereocenters. The second kappa shape index (κ2) is 4.11. The molecule has 1 heterocycles. The molecule has 0 aromatic heterocycles. The number of hydrogen-bond acceptors (Lipinski definition) is 2. The van der Waals surface area contributed by atoms with E-state index in [2.05, 4.69) is 6.92 Å². The van der Waals surface area contributed by atoms with Crippen LogP contribution in [0, 0.1) is 0 Å². The van der Waals surface area contributed by atoms with E-state index >= 15 is 0 Å². The van der Waals surface area contributed by atoms with E-state index in [0.29, 0.717) is 6.10 Å². The van der Waals surface area contributed by atoms with Gasteiger partial charge in [-0.05, 0) is 12.1 Å². The Labute approximate surface area is 64.3 Å². The van der Waals surface area contributed by atoms with Crippen LogP contribution >= 0.6 is 0 Å². The van der Waals surface area contributed by atoms with Gasteiger partial charge in [-0.3, -0.25) is 0 Å². The van der Waals surface area contributed by atoms with Gasteiger partial charge in [0.25, 0.3) is 0 Å². The van der Waals surface area contributed by atoms with Gasteiger partial charge in [0.1, 0.15) is 0 Å². The van der Waals surface area contributed by atoms with Gasteiger partial charge in [-0.2, -0.15) is 0 Å². The molecule has 0 spiro atoms. The Kier molecular flexibility index (Phi) is 3.38. The summed E-state index contributed by atoms with van der Waals surface area (Å²) in [6.45, 7) is 3.20. The molecule has 2 atom stereocenters. The maximum atomic E-state index is 5.40. The van der Waals surface area contributed by atoms with Crippen molar-refractivity contribution in [3.63, 3.8) is 0 Å². The van der Waals surface area contributed by atoms with Crippen LogP contribution in [0.15, 0.2) is 0 Å². The third-order valence-electron chi connectivity index (χ3n) is 1.87. The van der Waals surface area contributed by atoms with E-state index in [0.717, 1.165) is 6.61 Å². The molecule has 1 aliphatic rings. The molecule has 1 fully saturated rings. The van der Waals surface area contributed by atoms with Crippen LogP contribution in [0.3, 0.4) is 0 Å². The van der Waals surface area contributed by atoms with E-state index in [1.54, 1.807) is 0 Å². The first-order chi connectivity index (χ1) is 4.86. The van der Waals surface area contributed by atoms with Crippen LogP contribution in [-0.2, 0) is 9.16 Å². The molecule has 2 nitrogen and oxygen atoms in total. The van der Waals surface area contributed by atoms with E-state index < -0.39 is 9.04 Å². The Morgan fingerprint density at radius 3 is 2.80 bits per heavy atom. The monoisotopic (exact) mass is 160 g/mol. The number of epoxide rings is 1. The summed E-state index contributed by atoms with van der Waals surface area (Å²) in [7, 11) is 1.01. The Morgan fingerprint density at radius 1 is 1.70 bits per heavy atom. The molecule has 1 saturated heterocycles. The Morgan fingerprint density at radius 2 is 2.40 bits per heavy atom. The SMILES string of the molecule is CCC[SiH](CC1CO1)OC. The first-order valence-corrected chi connectivity index (χ1v) is 6.11. The fourth-order valence-corrected chi connectivity index (χ4v) is 3.32. The predicted octanol–water partition coefficient (Wildman–Crippen LogP) is 1.17. The largest absolute Gasteiger partial charge is 0.423 e. The van der Waals surface area contributed by atoms with Crippen molar-refractivity contribution in [3.05, 3.63) is 0 Å². The van der Waals surface area contributed by atoms with E-state index in [9.17, 15) is 0 Å². The highest BCUT2D eigenvalue weighted by Crippen LogP contribution is 2.18. The lowest BCUT2D eigenvalue weighted by Crippen LogP contribution is -2.17. The van der Waals surface area contributed by atoms with E-state index in [4.69, 9.17) is 9.16 Å². The van der Waals surface area contributed by atoms with Crippen LogP contribution in [0.4, 0.5) is 0 Å². The molecule has 10 heavy (non-hydrogen) atoms. The van der Waals surface area contributed by atoms with Gasteiger partial charge in [0, 0.05) is 7.11 Å². The van der Waals surface area contributed by atoms with Gasteiger partial charge in [0.15, 0.2) is 9.04 Å². The Balaban J connectivity index is 2.05. The van der Waals surface area contributed by atoms with Crippen molar-refractivity contribution in [1.82, 2.24) is 0 Å². The van der Waals surface area contributed by atoms with E-state index in [1.165, 1.54) is 18.5 Å². The molecule has 60 valence electrons. The summed E-state index contributed by atoms with van der Waals surface area (Å²) in [5.41, 5.74) is 0. The van der Waals surface area contributed by atoms with Crippen molar-refractivity contribution in [2.24, 2.45) is 0 Å². The van der Waals surface area contributed by atoms with Crippen LogP contribution in [0.5, 0.6) is 0 Å². The third kappa shape index (κ3) is 2.81. The molecule has 1 rings (SSSR count). The lowest BCUT2D eigenvalue weighted by molar-refractivity contribution is 0.389. The van der Waals surface area contributed by atoms with Crippen molar-refractivity contribution in [2.45, 2.75) is 31.5 Å². The summed E-state index contributed by atoms with van der Waals surface area (Å²) in [5.74, 6) is 0. The van der Waals surface area contributed by atoms with Gasteiger partial charge in [-0.15, -0.1) is 0 Å². The van der Waals surface area contributed by atoms with Gasteiger partial charge in [-0.25, -0.2) is 0 Å². The zero-order chi connectivity index (χ0) is 7.40. The Hall–Kier alpha value is 0.137. The summed E-state index contributed by atoms with van der Waals surface area (Å²) in [4.78, 5) is 0. The summed E-state index contributed by atoms with van der Waals surface area (Å²) in [6.07, 6.45) is 1.83. The van der Waals surface area contributed by atoms with Gasteiger partial charge < -0.3 is 9.16 Å². The standard InChI is InChI=1S/C7H16O2Si/c1-3-4-10(8-2)6-7-5-9-7/h7,10H,3-6H2,1-2H3. The predicted molar refractivity (Wildman–Crippen MR) is 43.8 cm³/mol. The molecule has 0 saturated carbocycles. The third-order valence-corrected chi connectivity index (χ3v) is 4.81. The highest BCUT2D eigenvalue weighted by atomic mass is 28.3. The molecule has 0 N–H and O–H groups in total. The van der Waals surface area contributed by atoms with Crippen molar-refractivity contribution in [1.29, 1.82) is 0 Å². The van der Waals surface area contributed by atoms with Crippen LogP contribution in [-0.4, -0.2) is 28.9 Å². The number of rotatable bonds is 5. The summed E-state index contributed by atoms with van der Waals surface area (Å²) in [5, 5.41) is 0. The summed E-state index contributed by atoms with van der Waals surface area (Å²) >= 11 is 0. The fourth-order valence-electron chi connectivity index (χ4n) is 1.15. The van der Waals surface area contributed by atoms with Crippen LogP contribution in [0.25, 0.3) is 0 Å². The highest BCUT2D eigenvalue weighted by Gasteiger charge is 2.27. The molecule has 1 aliphatic heterocycles. The zero-order valence-electron chi connectivity index (χ0n) is 6.80. The highest BCUT2D eigenvalue weighted by molar-refractivity contribution is 6.52. The minimum absolute atomic E-state index is 0.572. The van der Waals surface area contributed by atoms with Gasteiger partial charge >= 0.3 is 0 Å². The van der Waals surface area contributed by atoms with Crippen molar-refractivity contribution in [3.8, 4) is 0 Å². The van der Waals surface area contributed by atoms with Crippen molar-refractivity contribution in [2.75, 3.05) is 13.7 Å². The molecule has 0 aliphatic carbocycles. The molecule has 0 radical (unpaired) electrons. The van der Waals surface area contributed by atoms with Crippen molar-refractivity contribution < 1.29 is 9.16 Å². The summed E-state index contributed by atoms with van der Waals surface area (Å²) < 4.78 is 10.5. The first kappa shape index (κ1) is 8.24. The minimum Gasteiger partial charge on any atom is -0.423 e. The molecule has 3 heteroatoms. The Bertz CT molecular complexity index is 93.6. The molecular weight excluding hydrogens is 144 g/mol. The average Bonchev–Trinajstić information content (AvgIpc) is 2.71. The lowest BCUT2D eigenvalue weighted by Gasteiger charge is -2.09. The van der Waals surface area contributed by atoms with Crippen molar-refractivity contribution >= 4 is 9.04 Å². The number of ether oxygens (including phenoxy) is 1. The van der Waals surface area contributed by atoms with Gasteiger partial charge in [-0.1, -0.05) is 13.3 Å². The molecule has 0 aromatic carbocycles. The summed E-state index contributed by atoms with van der Waals surface area (Å²) in [6, 6.07) is 2.53. The molecule has 0 amide bonds. The van der Waals surface area contributed by atoms with E-state index in [-0.39, 0.29) is 0 Å². The van der Waals surface area contributed by atoms with E-state index in [1.807, 2.05) is 7.11 Å². The lowest BCUT2D eigenvalue weighted by atomic mass is 10.6. The minimum atomic E-state index is -0.833.